The summed E-state index contributed by atoms with van der Waals surface area (Å²) in [7, 11) is 1.14. The molecule has 1 saturated heterocycles. The molecule has 1 heterocycles. The van der Waals surface area contributed by atoms with Crippen LogP contribution in [0, 0.1) is 11.8 Å². The largest absolute Gasteiger partial charge is 0.466 e. The lowest BCUT2D eigenvalue weighted by Gasteiger charge is -2.36. The molecule has 10 heteroatoms. The SMILES string of the molecule is C=C1CCC=C(C(=O)OC)C(OC(=O)C(=CC)CO)C(OC(=O)C(C)CC)C2C(=C)C(=O)OC2C1O. The van der Waals surface area contributed by atoms with E-state index in [0.29, 0.717) is 12.0 Å². The molecule has 0 bridgehead atoms. The average molecular weight is 507 g/mol. The molecule has 2 aliphatic rings. The summed E-state index contributed by atoms with van der Waals surface area (Å²) in [5.41, 5.74) is -0.0536. The molecule has 36 heavy (non-hydrogen) atoms. The average Bonchev–Trinajstić information content (AvgIpc) is 3.16. The molecule has 0 saturated carbocycles. The van der Waals surface area contributed by atoms with Crippen molar-refractivity contribution in [3.05, 3.63) is 47.6 Å². The first-order valence-electron chi connectivity index (χ1n) is 11.7. The molecule has 2 rings (SSSR count). The van der Waals surface area contributed by atoms with Crippen LogP contribution in [0.4, 0.5) is 0 Å². The molecule has 1 aliphatic carbocycles. The second kappa shape index (κ2) is 12.6. The van der Waals surface area contributed by atoms with Gasteiger partial charge in [0.25, 0.3) is 0 Å². The molecule has 0 spiro atoms. The van der Waals surface area contributed by atoms with Gasteiger partial charge in [0, 0.05) is 5.57 Å². The third-order valence-corrected chi connectivity index (χ3v) is 6.48. The van der Waals surface area contributed by atoms with Crippen molar-refractivity contribution in [2.45, 2.75) is 64.4 Å². The Hall–Kier alpha value is -3.24. The number of carbonyl (C=O) groups excluding carboxylic acids is 4. The number of fused-ring (bicyclic) bond motifs is 1. The topological polar surface area (TPSA) is 146 Å². The molecule has 2 N–H and O–H groups in total. The number of esters is 4. The molecule has 0 amide bonds. The molecular weight excluding hydrogens is 472 g/mol. The maximum absolute atomic E-state index is 13.0. The molecule has 1 aliphatic heterocycles. The Morgan fingerprint density at radius 3 is 2.50 bits per heavy atom. The third-order valence-electron chi connectivity index (χ3n) is 6.48. The van der Waals surface area contributed by atoms with Gasteiger partial charge in [0.1, 0.15) is 12.2 Å². The quantitative estimate of drug-likeness (QED) is 0.226. The standard InChI is InChI=1S/C26H34O10/c1-7-13(3)23(29)36-22-18-15(5)24(30)35-21(18)19(28)14(4)10-9-11-17(26(32)33-6)20(22)34-25(31)16(8-2)12-27/h8,11,13,18-22,27-28H,4-5,7,9-10,12H2,1-3,6H3. The van der Waals surface area contributed by atoms with Crippen LogP contribution < -0.4 is 0 Å². The van der Waals surface area contributed by atoms with Crippen LogP contribution in [0.1, 0.15) is 40.0 Å². The first-order chi connectivity index (χ1) is 17.0. The molecule has 0 aromatic carbocycles. The smallest absolute Gasteiger partial charge is 0.337 e. The zero-order valence-electron chi connectivity index (χ0n) is 21.0. The zero-order valence-corrected chi connectivity index (χ0v) is 21.0. The van der Waals surface area contributed by atoms with Gasteiger partial charge in [-0.15, -0.1) is 0 Å². The highest BCUT2D eigenvalue weighted by Gasteiger charge is 2.54. The molecular formula is C26H34O10. The second-order valence-electron chi connectivity index (χ2n) is 8.72. The Morgan fingerprint density at radius 2 is 1.94 bits per heavy atom. The summed E-state index contributed by atoms with van der Waals surface area (Å²) < 4.78 is 21.8. The summed E-state index contributed by atoms with van der Waals surface area (Å²) in [4.78, 5) is 51.3. The van der Waals surface area contributed by atoms with Crippen molar-refractivity contribution in [3.8, 4) is 0 Å². The van der Waals surface area contributed by atoms with Crippen LogP contribution >= 0.6 is 0 Å². The fourth-order valence-electron chi connectivity index (χ4n) is 3.99. The van der Waals surface area contributed by atoms with E-state index in [0.717, 1.165) is 7.11 Å². The summed E-state index contributed by atoms with van der Waals surface area (Å²) >= 11 is 0. The van der Waals surface area contributed by atoms with E-state index in [4.69, 9.17) is 18.9 Å². The Labute approximate surface area is 210 Å². The van der Waals surface area contributed by atoms with Gasteiger partial charge in [0.2, 0.25) is 0 Å². The maximum atomic E-state index is 13.0. The zero-order chi connectivity index (χ0) is 27.2. The molecule has 1 fully saturated rings. The van der Waals surface area contributed by atoms with Crippen LogP contribution in [-0.4, -0.2) is 72.2 Å². The Morgan fingerprint density at radius 1 is 1.28 bits per heavy atom. The number of hydrogen-bond donors (Lipinski definition) is 2. The van der Waals surface area contributed by atoms with Gasteiger partial charge < -0.3 is 29.2 Å². The van der Waals surface area contributed by atoms with E-state index >= 15 is 0 Å². The minimum Gasteiger partial charge on any atom is -0.466 e. The van der Waals surface area contributed by atoms with Gasteiger partial charge in [-0.2, -0.15) is 0 Å². The molecule has 0 aromatic heterocycles. The number of carbonyl (C=O) groups is 4. The van der Waals surface area contributed by atoms with Gasteiger partial charge in [-0.3, -0.25) is 4.79 Å². The summed E-state index contributed by atoms with van der Waals surface area (Å²) in [5.74, 6) is -5.11. The highest BCUT2D eigenvalue weighted by molar-refractivity contribution is 5.94. The molecule has 0 aromatic rings. The number of ether oxygens (including phenoxy) is 4. The van der Waals surface area contributed by atoms with Gasteiger partial charge in [-0.05, 0) is 31.8 Å². The van der Waals surface area contributed by atoms with E-state index < -0.39 is 66.7 Å². The fraction of sp³-hybridized carbons (Fsp3) is 0.538. The van der Waals surface area contributed by atoms with Crippen LogP contribution in [0.2, 0.25) is 0 Å². The van der Waals surface area contributed by atoms with Gasteiger partial charge in [0.15, 0.2) is 12.2 Å². The van der Waals surface area contributed by atoms with E-state index in [1.54, 1.807) is 13.8 Å². The summed E-state index contributed by atoms with van der Waals surface area (Å²) in [6.45, 7) is 11.9. The molecule has 6 unspecified atom stereocenters. The van der Waals surface area contributed by atoms with E-state index in [1.807, 2.05) is 0 Å². The van der Waals surface area contributed by atoms with Crippen LogP contribution in [0.25, 0.3) is 0 Å². The second-order valence-corrected chi connectivity index (χ2v) is 8.72. The van der Waals surface area contributed by atoms with Gasteiger partial charge in [-0.1, -0.05) is 39.2 Å². The van der Waals surface area contributed by atoms with Crippen LogP contribution in [-0.2, 0) is 38.1 Å². The molecule has 6 atom stereocenters. The van der Waals surface area contributed by atoms with Crippen molar-refractivity contribution in [3.63, 3.8) is 0 Å². The first kappa shape index (κ1) is 29.0. The molecule has 0 radical (unpaired) electrons. The van der Waals surface area contributed by atoms with Crippen LogP contribution in [0.3, 0.4) is 0 Å². The van der Waals surface area contributed by atoms with Crippen LogP contribution in [0.15, 0.2) is 47.6 Å². The van der Waals surface area contributed by atoms with E-state index in [1.165, 1.54) is 19.1 Å². The van der Waals surface area contributed by atoms with E-state index in [2.05, 4.69) is 13.2 Å². The molecule has 10 nitrogen and oxygen atoms in total. The number of aliphatic hydroxyl groups is 2. The predicted octanol–water partition coefficient (Wildman–Crippen LogP) is 1.70. The van der Waals surface area contributed by atoms with Gasteiger partial charge >= 0.3 is 23.9 Å². The van der Waals surface area contributed by atoms with Gasteiger partial charge in [0.05, 0.1) is 36.7 Å². The summed E-state index contributed by atoms with van der Waals surface area (Å²) in [6, 6.07) is 0. The Balaban J connectivity index is 2.78. The number of aliphatic hydroxyl groups excluding tert-OH is 2. The van der Waals surface area contributed by atoms with Crippen molar-refractivity contribution in [2.75, 3.05) is 13.7 Å². The lowest BCUT2D eigenvalue weighted by atomic mass is 9.80. The monoisotopic (exact) mass is 506 g/mol. The number of hydrogen-bond acceptors (Lipinski definition) is 10. The van der Waals surface area contributed by atoms with E-state index in [9.17, 15) is 29.4 Å². The lowest BCUT2D eigenvalue weighted by molar-refractivity contribution is -0.175. The summed E-state index contributed by atoms with van der Waals surface area (Å²) in [6.07, 6.45) is -2.07. The highest BCUT2D eigenvalue weighted by Crippen LogP contribution is 2.40. The van der Waals surface area contributed by atoms with Crippen molar-refractivity contribution in [1.29, 1.82) is 0 Å². The van der Waals surface area contributed by atoms with Crippen molar-refractivity contribution >= 4 is 23.9 Å². The summed E-state index contributed by atoms with van der Waals surface area (Å²) in [5, 5.41) is 20.5. The van der Waals surface area contributed by atoms with Crippen LogP contribution in [0.5, 0.6) is 0 Å². The Kier molecular flexibility index (Phi) is 10.2. The van der Waals surface area contributed by atoms with Gasteiger partial charge in [-0.25, -0.2) is 14.4 Å². The third kappa shape index (κ3) is 6.11. The van der Waals surface area contributed by atoms with Crippen molar-refractivity contribution < 1.29 is 48.3 Å². The highest BCUT2D eigenvalue weighted by atomic mass is 16.6. The minimum absolute atomic E-state index is 0.106. The normalized spacial score (nSPS) is 27.8. The van der Waals surface area contributed by atoms with Crippen molar-refractivity contribution in [1.82, 2.24) is 0 Å². The number of rotatable bonds is 7. The predicted molar refractivity (Wildman–Crippen MR) is 127 cm³/mol. The van der Waals surface area contributed by atoms with E-state index in [-0.39, 0.29) is 29.6 Å². The van der Waals surface area contributed by atoms with Crippen molar-refractivity contribution in [2.24, 2.45) is 11.8 Å². The first-order valence-corrected chi connectivity index (χ1v) is 11.7. The lowest BCUT2D eigenvalue weighted by Crippen LogP contribution is -2.50. The number of allylic oxidation sites excluding steroid dienone is 2. The molecule has 198 valence electrons. The minimum atomic E-state index is -1.57. The number of methoxy groups -OCH3 is 1. The fourth-order valence-corrected chi connectivity index (χ4v) is 3.99. The Bertz CT molecular complexity index is 975. The maximum Gasteiger partial charge on any atom is 0.337 e.